The maximum Gasteiger partial charge on any atom is 0.342 e. The van der Waals surface area contributed by atoms with Crippen molar-refractivity contribution in [2.24, 2.45) is 0 Å². The molecule has 1 aromatic rings. The maximum atomic E-state index is 12.3. The van der Waals surface area contributed by atoms with E-state index in [2.05, 4.69) is 127 Å². The Labute approximate surface area is 192 Å². The van der Waals surface area contributed by atoms with Gasteiger partial charge in [0.05, 0.1) is 11.1 Å². The van der Waals surface area contributed by atoms with Gasteiger partial charge in [0.2, 0.25) is 0 Å². The molecular weight excluding hydrogens is 823 g/mol. The predicted molar refractivity (Wildman–Crippen MR) is 112 cm³/mol. The third-order valence-electron chi connectivity index (χ3n) is 1.94. The zero-order chi connectivity index (χ0) is 17.3. The lowest BCUT2D eigenvalue weighted by Crippen LogP contribution is -2.21. The Hall–Kier alpha value is 2.00. The number of carbonyl (C=O) groups excluding carboxylic acids is 2. The lowest BCUT2D eigenvalue weighted by Gasteiger charge is -2.18. The summed E-state index contributed by atoms with van der Waals surface area (Å²) in [6, 6.07) is 3.03. The van der Waals surface area contributed by atoms with Gasteiger partial charge >= 0.3 is 11.9 Å². The van der Waals surface area contributed by atoms with Crippen LogP contribution in [0.4, 0.5) is 0 Å². The zero-order valence-corrected chi connectivity index (χ0v) is 22.5. The Morgan fingerprint density at radius 1 is 0.818 bits per heavy atom. The first kappa shape index (κ1) is 22.0. The van der Waals surface area contributed by atoms with Crippen molar-refractivity contribution in [3.8, 4) is 0 Å². The monoisotopic (exact) mass is 817 g/mol. The van der Waals surface area contributed by atoms with Crippen LogP contribution in [0, 0.1) is 0 Å². The lowest BCUT2D eigenvalue weighted by molar-refractivity contribution is 0.0489. The Balaban J connectivity index is 3.33. The molecule has 0 fully saturated rings. The first-order chi connectivity index (χ1) is 9.82. The average molecular weight is 825 g/mol. The summed E-state index contributed by atoms with van der Waals surface area (Å²) in [6.07, 6.45) is 0. The summed E-state index contributed by atoms with van der Waals surface area (Å²) in [7, 11) is 0. The predicted octanol–water partition coefficient (Wildman–Crippen LogP) is 7.12. The molecule has 0 unspecified atom stereocenters. The summed E-state index contributed by atoms with van der Waals surface area (Å²) in [6.45, 7) is 0. The molecule has 0 saturated carbocycles. The number of hydrogen-bond acceptors (Lipinski definition) is 4. The van der Waals surface area contributed by atoms with E-state index in [9.17, 15) is 9.59 Å². The highest BCUT2D eigenvalue weighted by Crippen LogP contribution is 2.39. The van der Waals surface area contributed by atoms with Crippen LogP contribution in [0.3, 0.4) is 0 Å². The van der Waals surface area contributed by atoms with Crippen LogP contribution in [-0.2, 0) is 9.47 Å². The van der Waals surface area contributed by atoms with Gasteiger partial charge in [0.15, 0.2) is 0 Å². The largest absolute Gasteiger partial charge is 0.423 e. The molecule has 0 aliphatic heterocycles. The van der Waals surface area contributed by atoms with E-state index in [1.807, 2.05) is 0 Å². The van der Waals surface area contributed by atoms with Gasteiger partial charge in [0.25, 0.3) is 4.66 Å². The van der Waals surface area contributed by atoms with Crippen molar-refractivity contribution in [1.82, 2.24) is 0 Å². The number of halogens is 8. The van der Waals surface area contributed by atoms with E-state index in [1.165, 1.54) is 6.07 Å². The molecular formula is C10H2Br8O4. The minimum Gasteiger partial charge on any atom is -0.423 e. The SMILES string of the molecule is O=C(OC(Br)(Br)Br)c1ccc(Br)c(Br)c1C(=O)OC(Br)(Br)Br. The highest BCUT2D eigenvalue weighted by atomic mass is 80.0. The van der Waals surface area contributed by atoms with Crippen molar-refractivity contribution in [2.45, 2.75) is 4.66 Å². The summed E-state index contributed by atoms with van der Waals surface area (Å²) in [4.78, 5) is 24.5. The third kappa shape index (κ3) is 7.09. The van der Waals surface area contributed by atoms with Crippen molar-refractivity contribution in [1.29, 1.82) is 0 Å². The van der Waals surface area contributed by atoms with Crippen molar-refractivity contribution < 1.29 is 19.1 Å². The van der Waals surface area contributed by atoms with Crippen LogP contribution in [-0.4, -0.2) is 16.6 Å². The first-order valence-corrected chi connectivity index (χ1v) is 11.2. The van der Waals surface area contributed by atoms with E-state index in [0.29, 0.717) is 8.95 Å². The summed E-state index contributed by atoms with van der Waals surface area (Å²) in [5, 5.41) is 0. The Morgan fingerprint density at radius 2 is 1.27 bits per heavy atom. The van der Waals surface area contributed by atoms with Gasteiger partial charge in [-0.1, -0.05) is 0 Å². The molecule has 0 saturated heterocycles. The Morgan fingerprint density at radius 3 is 1.73 bits per heavy atom. The second-order valence-electron chi connectivity index (χ2n) is 3.45. The highest BCUT2D eigenvalue weighted by Gasteiger charge is 2.32. The van der Waals surface area contributed by atoms with Gasteiger partial charge in [-0.25, -0.2) is 9.59 Å². The molecule has 0 bridgehead atoms. The van der Waals surface area contributed by atoms with Gasteiger partial charge < -0.3 is 9.47 Å². The number of benzene rings is 1. The van der Waals surface area contributed by atoms with E-state index < -0.39 is 16.6 Å². The molecule has 0 spiro atoms. The normalized spacial score (nSPS) is 12.0. The molecule has 0 N–H and O–H groups in total. The fourth-order valence-electron chi connectivity index (χ4n) is 1.24. The number of rotatable bonds is 2. The van der Waals surface area contributed by atoms with Crippen molar-refractivity contribution in [2.75, 3.05) is 0 Å². The van der Waals surface area contributed by atoms with E-state index >= 15 is 0 Å². The molecule has 0 aliphatic rings. The summed E-state index contributed by atoms with van der Waals surface area (Å²) < 4.78 is 8.60. The molecule has 12 heteroatoms. The third-order valence-corrected chi connectivity index (χ3v) is 4.92. The van der Waals surface area contributed by atoms with E-state index in [-0.39, 0.29) is 11.1 Å². The van der Waals surface area contributed by atoms with Crippen molar-refractivity contribution >= 4 is 139 Å². The summed E-state index contributed by atoms with van der Waals surface area (Å²) in [5.41, 5.74) is 0.0124. The quantitative estimate of drug-likeness (QED) is 0.236. The van der Waals surface area contributed by atoms with Gasteiger partial charge in [-0.05, 0) is 140 Å². The second-order valence-corrected chi connectivity index (χ2v) is 18.2. The lowest BCUT2D eigenvalue weighted by atomic mass is 10.1. The molecule has 22 heavy (non-hydrogen) atoms. The smallest absolute Gasteiger partial charge is 0.342 e. The Kier molecular flexibility index (Phi) is 8.61. The van der Waals surface area contributed by atoms with Crippen LogP contribution in [0.15, 0.2) is 21.1 Å². The molecule has 1 aromatic carbocycles. The minimum absolute atomic E-state index is 0.00106. The van der Waals surface area contributed by atoms with Gasteiger partial charge in [0, 0.05) is 8.95 Å². The zero-order valence-electron chi connectivity index (χ0n) is 9.81. The van der Waals surface area contributed by atoms with Crippen LogP contribution >= 0.6 is 127 Å². The number of hydrogen-bond donors (Lipinski definition) is 0. The van der Waals surface area contributed by atoms with Crippen LogP contribution in [0.5, 0.6) is 0 Å². The van der Waals surface area contributed by atoms with Gasteiger partial charge in [-0.15, -0.1) is 0 Å². The number of ether oxygens (including phenoxy) is 2. The van der Waals surface area contributed by atoms with Gasteiger partial charge in [-0.2, -0.15) is 0 Å². The Bertz CT molecular complexity index is 604. The fraction of sp³-hybridized carbons (Fsp3) is 0.200. The standard InChI is InChI=1S/C10H2Br8O4/c11-4-2-1-3(7(19)21-9(13,14)15)5(6(4)12)8(20)22-10(16,17)18/h1-2H. The van der Waals surface area contributed by atoms with E-state index in [4.69, 9.17) is 9.47 Å². The second kappa shape index (κ2) is 8.59. The summed E-state index contributed by atoms with van der Waals surface area (Å²) >= 11 is 24.8. The van der Waals surface area contributed by atoms with E-state index in [0.717, 1.165) is 0 Å². The maximum absolute atomic E-state index is 12.3. The molecule has 0 heterocycles. The van der Waals surface area contributed by atoms with Crippen LogP contribution in [0.2, 0.25) is 0 Å². The molecule has 0 radical (unpaired) electrons. The fourth-order valence-corrected chi connectivity index (χ4v) is 2.96. The average Bonchev–Trinajstić information content (AvgIpc) is 2.27. The molecule has 0 aromatic heterocycles. The van der Waals surface area contributed by atoms with Crippen LogP contribution < -0.4 is 0 Å². The number of carbonyl (C=O) groups is 2. The topological polar surface area (TPSA) is 52.6 Å². The van der Waals surface area contributed by atoms with Crippen LogP contribution in [0.25, 0.3) is 0 Å². The minimum atomic E-state index is -1.25. The molecule has 122 valence electrons. The first-order valence-electron chi connectivity index (χ1n) is 4.90. The van der Waals surface area contributed by atoms with Gasteiger partial charge in [0.1, 0.15) is 0 Å². The van der Waals surface area contributed by atoms with Crippen molar-refractivity contribution in [3.05, 3.63) is 32.2 Å². The molecule has 1 rings (SSSR count). The molecule has 0 atom stereocenters. The number of esters is 2. The molecule has 0 amide bonds. The van der Waals surface area contributed by atoms with Gasteiger partial charge in [-0.3, -0.25) is 0 Å². The van der Waals surface area contributed by atoms with Crippen molar-refractivity contribution in [3.63, 3.8) is 0 Å². The highest BCUT2D eigenvalue weighted by molar-refractivity contribution is 9.39. The molecule has 4 nitrogen and oxygen atoms in total. The van der Waals surface area contributed by atoms with E-state index in [1.54, 1.807) is 6.07 Å². The number of alkyl halides is 6. The molecule has 0 aliphatic carbocycles. The van der Waals surface area contributed by atoms with Crippen LogP contribution in [0.1, 0.15) is 20.7 Å². The summed E-state index contributed by atoms with van der Waals surface area (Å²) in [5.74, 6) is -1.52.